The number of aromatic nitrogens is 1. The van der Waals surface area contributed by atoms with Gasteiger partial charge in [0.2, 0.25) is 5.88 Å². The Hall–Kier alpha value is -2.03. The molecule has 0 amide bonds. The van der Waals surface area contributed by atoms with Crippen LogP contribution in [0.5, 0.6) is 11.6 Å². The van der Waals surface area contributed by atoms with Crippen LogP contribution in [0, 0.1) is 5.92 Å². The van der Waals surface area contributed by atoms with Gasteiger partial charge < -0.3 is 9.47 Å². The van der Waals surface area contributed by atoms with Crippen LogP contribution in [-0.4, -0.2) is 18.2 Å². The van der Waals surface area contributed by atoms with Gasteiger partial charge in [0, 0.05) is 17.8 Å². The van der Waals surface area contributed by atoms with Gasteiger partial charge in [0.1, 0.15) is 5.75 Å². The smallest absolute Gasteiger partial charge is 0.213 e. The minimum absolute atomic E-state index is 0.581. The Labute approximate surface area is 184 Å². The number of ether oxygens (including phenoxy) is 2. The number of pyridine rings is 1. The van der Waals surface area contributed by atoms with Gasteiger partial charge in [0.25, 0.3) is 0 Å². The lowest BCUT2D eigenvalue weighted by Crippen LogP contribution is -2.06. The third-order valence-corrected chi connectivity index (χ3v) is 5.65. The summed E-state index contributed by atoms with van der Waals surface area (Å²) < 4.78 is 11.6. The molecule has 1 aromatic heterocycles. The van der Waals surface area contributed by atoms with Crippen molar-refractivity contribution in [1.29, 1.82) is 0 Å². The van der Waals surface area contributed by atoms with Gasteiger partial charge in [0.15, 0.2) is 0 Å². The van der Waals surface area contributed by atoms with Crippen molar-refractivity contribution < 1.29 is 9.47 Å². The normalized spacial score (nSPS) is 12.0. The van der Waals surface area contributed by atoms with E-state index >= 15 is 0 Å². The van der Waals surface area contributed by atoms with E-state index in [4.69, 9.17) is 9.47 Å². The predicted octanol–water partition coefficient (Wildman–Crippen LogP) is 8.08. The molecule has 0 aliphatic carbocycles. The minimum atomic E-state index is 0.581. The Balaban J connectivity index is 1.64. The summed E-state index contributed by atoms with van der Waals surface area (Å²) >= 11 is 0. The number of hydrogen-bond donors (Lipinski definition) is 0. The van der Waals surface area contributed by atoms with E-state index in [2.05, 4.69) is 44.0 Å². The first-order chi connectivity index (χ1) is 14.7. The number of nitrogens with zero attached hydrogens (tertiary/aromatic N) is 1. The third kappa shape index (κ3) is 9.65. The SMILES string of the molecule is CCCCCCCCCCCOc1ccc(-c2ccc(OCC(C)CC)cc2)cn1. The molecule has 1 unspecified atom stereocenters. The molecule has 1 heterocycles. The Bertz CT molecular complexity index is 666. The van der Waals surface area contributed by atoms with Gasteiger partial charge in [-0.1, -0.05) is 90.7 Å². The number of benzene rings is 1. The quantitative estimate of drug-likeness (QED) is 0.262. The van der Waals surface area contributed by atoms with Gasteiger partial charge in [-0.2, -0.15) is 0 Å². The fourth-order valence-electron chi connectivity index (χ4n) is 3.33. The van der Waals surface area contributed by atoms with Crippen molar-refractivity contribution in [2.45, 2.75) is 85.0 Å². The summed E-state index contributed by atoms with van der Waals surface area (Å²) in [6.07, 6.45) is 15.0. The van der Waals surface area contributed by atoms with Gasteiger partial charge in [-0.15, -0.1) is 0 Å². The lowest BCUT2D eigenvalue weighted by molar-refractivity contribution is 0.256. The fraction of sp³-hybridized carbons (Fsp3) is 0.593. The summed E-state index contributed by atoms with van der Waals surface area (Å²) in [6.45, 7) is 8.19. The van der Waals surface area contributed by atoms with Gasteiger partial charge in [-0.05, 0) is 36.1 Å². The van der Waals surface area contributed by atoms with Gasteiger partial charge in [-0.25, -0.2) is 4.98 Å². The molecule has 3 heteroatoms. The van der Waals surface area contributed by atoms with E-state index in [0.29, 0.717) is 11.8 Å². The molecule has 0 saturated heterocycles. The largest absolute Gasteiger partial charge is 0.493 e. The Kier molecular flexibility index (Phi) is 12.0. The average molecular weight is 412 g/mol. The zero-order valence-corrected chi connectivity index (χ0v) is 19.4. The molecule has 0 bridgehead atoms. The summed E-state index contributed by atoms with van der Waals surface area (Å²) in [5, 5.41) is 0. The topological polar surface area (TPSA) is 31.4 Å². The van der Waals surface area contributed by atoms with Crippen molar-refractivity contribution in [3.05, 3.63) is 42.6 Å². The molecule has 0 spiro atoms. The highest BCUT2D eigenvalue weighted by atomic mass is 16.5. The molecule has 1 aromatic carbocycles. The molecule has 2 aromatic rings. The van der Waals surface area contributed by atoms with E-state index in [0.717, 1.165) is 42.9 Å². The zero-order chi connectivity index (χ0) is 21.4. The van der Waals surface area contributed by atoms with Crippen molar-refractivity contribution in [1.82, 2.24) is 4.98 Å². The van der Waals surface area contributed by atoms with Crippen LogP contribution in [0.15, 0.2) is 42.6 Å². The highest BCUT2D eigenvalue weighted by Crippen LogP contribution is 2.23. The molecule has 0 N–H and O–H groups in total. The Morgan fingerprint density at radius 3 is 1.97 bits per heavy atom. The van der Waals surface area contributed by atoms with Crippen LogP contribution in [0.2, 0.25) is 0 Å². The lowest BCUT2D eigenvalue weighted by atomic mass is 10.1. The fourth-order valence-corrected chi connectivity index (χ4v) is 3.33. The molecule has 3 nitrogen and oxygen atoms in total. The van der Waals surface area contributed by atoms with Crippen molar-refractivity contribution in [2.75, 3.05) is 13.2 Å². The third-order valence-electron chi connectivity index (χ3n) is 5.65. The average Bonchev–Trinajstić information content (AvgIpc) is 2.79. The highest BCUT2D eigenvalue weighted by molar-refractivity contribution is 5.63. The molecule has 0 fully saturated rings. The molecule has 166 valence electrons. The van der Waals surface area contributed by atoms with E-state index < -0.39 is 0 Å². The second kappa shape index (κ2) is 14.9. The zero-order valence-electron chi connectivity index (χ0n) is 19.4. The van der Waals surface area contributed by atoms with Crippen LogP contribution < -0.4 is 9.47 Å². The highest BCUT2D eigenvalue weighted by Gasteiger charge is 2.03. The summed E-state index contributed by atoms with van der Waals surface area (Å²) in [4.78, 5) is 4.47. The monoisotopic (exact) mass is 411 g/mol. The molecule has 30 heavy (non-hydrogen) atoms. The molecule has 0 saturated carbocycles. The van der Waals surface area contributed by atoms with Crippen molar-refractivity contribution in [3.63, 3.8) is 0 Å². The number of unbranched alkanes of at least 4 members (excludes halogenated alkanes) is 8. The summed E-state index contributed by atoms with van der Waals surface area (Å²) in [5.74, 6) is 2.22. The maximum Gasteiger partial charge on any atom is 0.213 e. The lowest BCUT2D eigenvalue weighted by Gasteiger charge is -2.11. The molecule has 1 atom stereocenters. The standard InChI is InChI=1S/C27H41NO2/c1-4-6-7-8-9-10-11-12-13-20-29-27-19-16-25(21-28-27)24-14-17-26(18-15-24)30-22-23(3)5-2/h14-19,21,23H,4-13,20,22H2,1-3H3. The molecule has 0 aliphatic heterocycles. The van der Waals surface area contributed by atoms with Crippen LogP contribution in [0.25, 0.3) is 11.1 Å². The van der Waals surface area contributed by atoms with E-state index in [1.165, 1.54) is 51.4 Å². The molecular formula is C27H41NO2. The summed E-state index contributed by atoms with van der Waals surface area (Å²) in [6, 6.07) is 12.3. The first kappa shape index (κ1) is 24.2. The van der Waals surface area contributed by atoms with Gasteiger partial charge >= 0.3 is 0 Å². The molecular weight excluding hydrogens is 370 g/mol. The van der Waals surface area contributed by atoms with E-state index in [-0.39, 0.29) is 0 Å². The molecule has 0 radical (unpaired) electrons. The first-order valence-electron chi connectivity index (χ1n) is 12.0. The number of rotatable bonds is 16. The van der Waals surface area contributed by atoms with Gasteiger partial charge in [0.05, 0.1) is 13.2 Å². The van der Waals surface area contributed by atoms with Crippen molar-refractivity contribution >= 4 is 0 Å². The Morgan fingerprint density at radius 2 is 1.37 bits per heavy atom. The van der Waals surface area contributed by atoms with Crippen LogP contribution in [0.1, 0.15) is 85.0 Å². The van der Waals surface area contributed by atoms with Crippen LogP contribution in [0.4, 0.5) is 0 Å². The van der Waals surface area contributed by atoms with E-state index in [9.17, 15) is 0 Å². The van der Waals surface area contributed by atoms with Crippen LogP contribution >= 0.6 is 0 Å². The van der Waals surface area contributed by atoms with Gasteiger partial charge in [-0.3, -0.25) is 0 Å². The second-order valence-electron chi connectivity index (χ2n) is 8.41. The minimum Gasteiger partial charge on any atom is -0.493 e. The summed E-state index contributed by atoms with van der Waals surface area (Å²) in [5.41, 5.74) is 2.24. The van der Waals surface area contributed by atoms with Crippen molar-refractivity contribution in [3.8, 4) is 22.8 Å². The van der Waals surface area contributed by atoms with E-state index in [1.807, 2.05) is 24.4 Å². The maximum atomic E-state index is 5.83. The van der Waals surface area contributed by atoms with E-state index in [1.54, 1.807) is 0 Å². The first-order valence-corrected chi connectivity index (χ1v) is 12.0. The second-order valence-corrected chi connectivity index (χ2v) is 8.41. The summed E-state index contributed by atoms with van der Waals surface area (Å²) in [7, 11) is 0. The predicted molar refractivity (Wildman–Crippen MR) is 127 cm³/mol. The van der Waals surface area contributed by atoms with Crippen LogP contribution in [-0.2, 0) is 0 Å². The number of hydrogen-bond acceptors (Lipinski definition) is 3. The maximum absolute atomic E-state index is 5.83. The van der Waals surface area contributed by atoms with Crippen LogP contribution in [0.3, 0.4) is 0 Å². The molecule has 0 aliphatic rings. The molecule has 2 rings (SSSR count). The van der Waals surface area contributed by atoms with Crippen molar-refractivity contribution in [2.24, 2.45) is 5.92 Å². The Morgan fingerprint density at radius 1 is 0.733 bits per heavy atom.